The minimum atomic E-state index is 0.0465. The fourth-order valence-electron chi connectivity index (χ4n) is 10.3. The number of anilines is 6. The summed E-state index contributed by atoms with van der Waals surface area (Å²) in [6, 6.07) is 68.9. The van der Waals surface area contributed by atoms with Gasteiger partial charge in [-0.15, -0.1) is 0 Å². The molecule has 63 heavy (non-hydrogen) atoms. The van der Waals surface area contributed by atoms with Gasteiger partial charge in [0.25, 0.3) is 0 Å². The Hall–Kier alpha value is -6.52. The molecule has 3 nitrogen and oxygen atoms in total. The normalized spacial score (nSPS) is 13.5. The summed E-state index contributed by atoms with van der Waals surface area (Å²) in [5.74, 6) is 0. The summed E-state index contributed by atoms with van der Waals surface area (Å²) in [6.45, 7) is 13.9. The molecule has 0 unspecified atom stereocenters. The zero-order chi connectivity index (χ0) is 42.8. The van der Waals surface area contributed by atoms with Crippen molar-refractivity contribution >= 4 is 102 Å². The number of hydrogen-bond donors (Lipinski definition) is 0. The van der Waals surface area contributed by atoms with Crippen molar-refractivity contribution in [3.63, 3.8) is 0 Å². The molecule has 8 aromatic carbocycles. The average Bonchev–Trinajstić information content (AvgIpc) is 3.84. The minimum absolute atomic E-state index is 0.0465. The molecule has 0 spiro atoms. The first-order chi connectivity index (χ1) is 30.5. The van der Waals surface area contributed by atoms with Crippen LogP contribution < -0.4 is 25.1 Å². The average molecular weight is 877 g/mol. The van der Waals surface area contributed by atoms with E-state index in [4.69, 9.17) is 0 Å². The van der Waals surface area contributed by atoms with Crippen LogP contribution in [0.5, 0.6) is 0 Å². The van der Waals surface area contributed by atoms with Gasteiger partial charge < -0.3 is 0 Å². The van der Waals surface area contributed by atoms with E-state index in [1.165, 1.54) is 109 Å². The van der Waals surface area contributed by atoms with Gasteiger partial charge in [0.05, 0.1) is 0 Å². The zero-order valence-electron chi connectivity index (χ0n) is 36.6. The maximum atomic E-state index is 2.61. The third-order valence-corrected chi connectivity index (χ3v) is 16.1. The Labute approximate surface area is 376 Å². The van der Waals surface area contributed by atoms with Crippen molar-refractivity contribution in [3.05, 3.63) is 193 Å². The van der Waals surface area contributed by atoms with Gasteiger partial charge in [0, 0.05) is 0 Å². The van der Waals surface area contributed by atoms with Gasteiger partial charge in [-0.2, -0.15) is 0 Å². The monoisotopic (exact) mass is 877 g/mol. The first-order valence-corrected chi connectivity index (χ1v) is 23.9. The van der Waals surface area contributed by atoms with E-state index in [2.05, 4.69) is 238 Å². The van der Waals surface area contributed by atoms with Crippen LogP contribution in [0.4, 0.5) is 34.1 Å². The molecule has 2 aliphatic heterocycles. The van der Waals surface area contributed by atoms with Crippen LogP contribution in [-0.4, -0.2) is 25.8 Å². The molecule has 12 rings (SSSR count). The summed E-state index contributed by atoms with van der Waals surface area (Å²) < 4.78 is 5.44. The zero-order valence-corrected chi connectivity index (χ0v) is 38.4. The number of nitrogens with zero attached hydrogens (tertiary/aromatic N) is 3. The molecular formula is C58H48BN3Se. The van der Waals surface area contributed by atoms with E-state index in [0.717, 1.165) is 0 Å². The molecule has 2 aromatic heterocycles. The Morgan fingerprint density at radius 3 is 1.60 bits per heavy atom. The van der Waals surface area contributed by atoms with E-state index in [-0.39, 0.29) is 32.0 Å². The number of aromatic nitrogens is 1. The van der Waals surface area contributed by atoms with Crippen LogP contribution in [0.3, 0.4) is 0 Å². The Balaban J connectivity index is 1.15. The Morgan fingerprint density at radius 2 is 0.984 bits per heavy atom. The predicted octanol–water partition coefficient (Wildman–Crippen LogP) is 13.3. The number of fused-ring (bicyclic) bond motifs is 9. The van der Waals surface area contributed by atoms with Crippen molar-refractivity contribution in [1.82, 2.24) is 4.57 Å². The summed E-state index contributed by atoms with van der Waals surface area (Å²) in [6.07, 6.45) is 0. The van der Waals surface area contributed by atoms with Gasteiger partial charge in [-0.05, 0) is 0 Å². The molecule has 5 heteroatoms. The molecule has 0 saturated heterocycles. The predicted molar refractivity (Wildman–Crippen MR) is 272 cm³/mol. The maximum absolute atomic E-state index is 2.61. The van der Waals surface area contributed by atoms with Crippen molar-refractivity contribution in [1.29, 1.82) is 0 Å². The second-order valence-corrected chi connectivity index (χ2v) is 21.7. The van der Waals surface area contributed by atoms with E-state index in [0.29, 0.717) is 0 Å². The van der Waals surface area contributed by atoms with Crippen LogP contribution in [0.1, 0.15) is 52.7 Å². The molecular weight excluding hydrogens is 828 g/mol. The van der Waals surface area contributed by atoms with Crippen LogP contribution in [-0.2, 0) is 10.8 Å². The van der Waals surface area contributed by atoms with Gasteiger partial charge in [-0.25, -0.2) is 0 Å². The van der Waals surface area contributed by atoms with Gasteiger partial charge in [0.1, 0.15) is 0 Å². The number of rotatable bonds is 4. The van der Waals surface area contributed by atoms with Gasteiger partial charge in [-0.3, -0.25) is 0 Å². The molecule has 2 aliphatic rings. The Kier molecular flexibility index (Phi) is 8.48. The van der Waals surface area contributed by atoms with Gasteiger partial charge >= 0.3 is 379 Å². The van der Waals surface area contributed by atoms with Crippen molar-refractivity contribution in [2.75, 3.05) is 9.80 Å². The Morgan fingerprint density at radius 1 is 0.429 bits per heavy atom. The van der Waals surface area contributed by atoms with Crippen molar-refractivity contribution in [2.45, 2.75) is 52.4 Å². The summed E-state index contributed by atoms with van der Waals surface area (Å²) in [4.78, 5) is 5.17. The summed E-state index contributed by atoms with van der Waals surface area (Å²) in [5.41, 5.74) is 19.1. The first-order valence-electron chi connectivity index (χ1n) is 22.2. The molecule has 0 aliphatic carbocycles. The molecule has 0 atom stereocenters. The molecule has 10 aromatic rings. The van der Waals surface area contributed by atoms with Gasteiger partial charge in [-0.1, -0.05) is 0 Å². The summed E-state index contributed by atoms with van der Waals surface area (Å²) >= 11 is 0.0955. The second kappa shape index (κ2) is 14.0. The molecule has 0 bridgehead atoms. The molecule has 0 saturated carbocycles. The van der Waals surface area contributed by atoms with Gasteiger partial charge in [0.2, 0.25) is 0 Å². The summed E-state index contributed by atoms with van der Waals surface area (Å²) in [5, 5.41) is 3.90. The molecule has 0 N–H and O–H groups in total. The van der Waals surface area contributed by atoms with Crippen molar-refractivity contribution in [2.24, 2.45) is 0 Å². The van der Waals surface area contributed by atoms with Crippen LogP contribution in [0.2, 0.25) is 0 Å². The van der Waals surface area contributed by atoms with E-state index in [1.54, 1.807) is 0 Å². The molecule has 4 heterocycles. The van der Waals surface area contributed by atoms with E-state index < -0.39 is 0 Å². The SMILES string of the molecule is CC(C)(C)c1ccc(N2c3cc(-n4c5ccccc5c5ccccc54)ccc3B3c4[se]c5ccc(-c6ccccc6)cc5c4N(c4ccc(C(C)(C)C)cc4)c4cccc2c43)cc1. The molecule has 304 valence electrons. The van der Waals surface area contributed by atoms with Crippen LogP contribution >= 0.6 is 0 Å². The van der Waals surface area contributed by atoms with Crippen molar-refractivity contribution in [3.8, 4) is 16.8 Å². The Bertz CT molecular complexity index is 3370. The third kappa shape index (κ3) is 5.94. The third-order valence-electron chi connectivity index (χ3n) is 13.5. The fraction of sp³-hybridized carbons (Fsp3) is 0.138. The topological polar surface area (TPSA) is 11.4 Å². The van der Waals surface area contributed by atoms with Crippen LogP contribution in [0.15, 0.2) is 182 Å². The quantitative estimate of drug-likeness (QED) is 0.163. The second-order valence-electron chi connectivity index (χ2n) is 19.4. The van der Waals surface area contributed by atoms with Gasteiger partial charge in [0.15, 0.2) is 0 Å². The van der Waals surface area contributed by atoms with Crippen LogP contribution in [0, 0.1) is 0 Å². The molecule has 0 fully saturated rings. The number of para-hydroxylation sites is 2. The van der Waals surface area contributed by atoms with E-state index in [9.17, 15) is 0 Å². The van der Waals surface area contributed by atoms with E-state index >= 15 is 0 Å². The molecule has 0 radical (unpaired) electrons. The summed E-state index contributed by atoms with van der Waals surface area (Å²) in [7, 11) is 0. The fourth-order valence-corrected chi connectivity index (χ4v) is 13.0. The van der Waals surface area contributed by atoms with Crippen LogP contribution in [0.25, 0.3) is 48.3 Å². The molecule has 0 amide bonds. The van der Waals surface area contributed by atoms with Crippen molar-refractivity contribution < 1.29 is 0 Å². The van der Waals surface area contributed by atoms with E-state index in [1.807, 2.05) is 0 Å². The number of benzene rings is 8. The number of hydrogen-bond acceptors (Lipinski definition) is 2. The standard InChI is InChI=1S/C58H48BN3Se/c1-57(2,3)39-24-28-41(29-25-39)60-50-21-14-22-51-54(50)59(47-33-32-43(36-52(47)60)61-48-19-12-10-17-44(48)45-18-11-13-20-49(45)61)56-55(62(51)42-30-26-40(27-31-42)58(4,5)6)46-35-38(23-34-53(46)63-56)37-15-8-7-9-16-37/h7-36H,1-6H3. The first kappa shape index (κ1) is 38.2.